The van der Waals surface area contributed by atoms with Gasteiger partial charge in [0.1, 0.15) is 17.1 Å². The van der Waals surface area contributed by atoms with Crippen LogP contribution in [-0.4, -0.2) is 27.9 Å². The van der Waals surface area contributed by atoms with E-state index in [1.807, 2.05) is 20.8 Å². The van der Waals surface area contributed by atoms with Gasteiger partial charge in [-0.15, -0.1) is 0 Å². The van der Waals surface area contributed by atoms with E-state index in [9.17, 15) is 15.0 Å². The summed E-state index contributed by atoms with van der Waals surface area (Å²) >= 11 is 0. The molecular formula is C17H27NO4. The van der Waals surface area contributed by atoms with E-state index in [4.69, 9.17) is 4.74 Å². The fourth-order valence-electron chi connectivity index (χ4n) is 2.24. The maximum Gasteiger partial charge on any atom is 0.407 e. The minimum atomic E-state index is -0.556. The highest BCUT2D eigenvalue weighted by Crippen LogP contribution is 2.24. The average Bonchev–Trinajstić information content (AvgIpc) is 2.30. The van der Waals surface area contributed by atoms with Gasteiger partial charge in [-0.1, -0.05) is 13.8 Å². The van der Waals surface area contributed by atoms with Crippen LogP contribution in [0.15, 0.2) is 18.2 Å². The summed E-state index contributed by atoms with van der Waals surface area (Å²) < 4.78 is 5.28. The lowest BCUT2D eigenvalue weighted by Crippen LogP contribution is -2.40. The highest BCUT2D eigenvalue weighted by Gasteiger charge is 2.21. The molecule has 22 heavy (non-hydrogen) atoms. The third-order valence-corrected chi connectivity index (χ3v) is 3.01. The first-order chi connectivity index (χ1) is 10.1. The number of nitrogens with one attached hydrogen (secondary N) is 1. The lowest BCUT2D eigenvalue weighted by atomic mass is 9.96. The summed E-state index contributed by atoms with van der Waals surface area (Å²) in [5.41, 5.74) is 0.0429. The molecule has 0 radical (unpaired) electrons. The van der Waals surface area contributed by atoms with Crippen LogP contribution in [0.4, 0.5) is 4.79 Å². The predicted octanol–water partition coefficient (Wildman–Crippen LogP) is 3.58. The van der Waals surface area contributed by atoms with Crippen LogP contribution in [0.25, 0.3) is 0 Å². The standard InChI is InChI=1S/C17H27NO4/c1-11(2)8-13(18-16(21)22-17(3,4)5)9-12-10-14(19)6-7-15(12)20/h6-7,10-11,13,19-20H,8-9H2,1-5H3,(H,18,21). The van der Waals surface area contributed by atoms with E-state index in [2.05, 4.69) is 19.2 Å². The van der Waals surface area contributed by atoms with Crippen molar-refractivity contribution in [1.29, 1.82) is 0 Å². The molecule has 0 spiro atoms. The number of benzene rings is 1. The smallest absolute Gasteiger partial charge is 0.407 e. The molecule has 0 fully saturated rings. The van der Waals surface area contributed by atoms with Gasteiger partial charge in [-0.25, -0.2) is 4.79 Å². The number of amides is 1. The third kappa shape index (κ3) is 6.70. The second kappa shape index (κ2) is 7.38. The predicted molar refractivity (Wildman–Crippen MR) is 86.1 cm³/mol. The van der Waals surface area contributed by atoms with Gasteiger partial charge in [0.25, 0.3) is 0 Å². The van der Waals surface area contributed by atoms with Crippen LogP contribution < -0.4 is 5.32 Å². The van der Waals surface area contributed by atoms with Crippen molar-refractivity contribution in [2.75, 3.05) is 0 Å². The molecule has 3 N–H and O–H groups in total. The van der Waals surface area contributed by atoms with Gasteiger partial charge in [0.2, 0.25) is 0 Å². The maximum absolute atomic E-state index is 11.9. The highest BCUT2D eigenvalue weighted by molar-refractivity contribution is 5.68. The van der Waals surface area contributed by atoms with Gasteiger partial charge in [-0.2, -0.15) is 0 Å². The molecule has 0 heterocycles. The molecule has 0 saturated heterocycles. The normalized spacial score (nSPS) is 13.0. The molecular weight excluding hydrogens is 282 g/mol. The quantitative estimate of drug-likeness (QED) is 0.726. The number of rotatable bonds is 5. The highest BCUT2D eigenvalue weighted by atomic mass is 16.6. The Morgan fingerprint density at radius 3 is 2.45 bits per heavy atom. The lowest BCUT2D eigenvalue weighted by Gasteiger charge is -2.25. The number of carbonyl (C=O) groups is 1. The van der Waals surface area contributed by atoms with Gasteiger partial charge in [0, 0.05) is 6.04 Å². The lowest BCUT2D eigenvalue weighted by molar-refractivity contribution is 0.0498. The molecule has 124 valence electrons. The van der Waals surface area contributed by atoms with Crippen molar-refractivity contribution in [2.45, 2.75) is 59.1 Å². The van der Waals surface area contributed by atoms with E-state index in [-0.39, 0.29) is 17.5 Å². The summed E-state index contributed by atoms with van der Waals surface area (Å²) in [5, 5.41) is 22.3. The van der Waals surface area contributed by atoms with Crippen molar-refractivity contribution >= 4 is 6.09 Å². The van der Waals surface area contributed by atoms with Crippen molar-refractivity contribution in [3.63, 3.8) is 0 Å². The maximum atomic E-state index is 11.9. The molecule has 5 nitrogen and oxygen atoms in total. The Labute approximate surface area is 132 Å². The molecule has 0 aliphatic heterocycles. The Kier molecular flexibility index (Phi) is 6.09. The largest absolute Gasteiger partial charge is 0.508 e. The molecule has 5 heteroatoms. The van der Waals surface area contributed by atoms with E-state index < -0.39 is 11.7 Å². The van der Waals surface area contributed by atoms with Crippen LogP contribution in [0, 0.1) is 5.92 Å². The van der Waals surface area contributed by atoms with Crippen LogP contribution >= 0.6 is 0 Å². The Hall–Kier alpha value is -1.91. The van der Waals surface area contributed by atoms with Crippen molar-refractivity contribution in [3.05, 3.63) is 23.8 Å². The summed E-state index contributed by atoms with van der Waals surface area (Å²) in [6.45, 7) is 9.56. The fourth-order valence-corrected chi connectivity index (χ4v) is 2.24. The fraction of sp³-hybridized carbons (Fsp3) is 0.588. The minimum Gasteiger partial charge on any atom is -0.508 e. The SMILES string of the molecule is CC(C)CC(Cc1cc(O)ccc1O)NC(=O)OC(C)(C)C. The number of carbonyl (C=O) groups excluding carboxylic acids is 1. The monoisotopic (exact) mass is 309 g/mol. The molecule has 0 saturated carbocycles. The Bertz CT molecular complexity index is 506. The van der Waals surface area contributed by atoms with Crippen molar-refractivity contribution in [1.82, 2.24) is 5.32 Å². The Morgan fingerprint density at radius 2 is 1.91 bits per heavy atom. The van der Waals surface area contributed by atoms with Gasteiger partial charge < -0.3 is 20.3 Å². The molecule has 1 aromatic carbocycles. The second-order valence-electron chi connectivity index (χ2n) is 6.99. The van der Waals surface area contributed by atoms with Crippen molar-refractivity contribution < 1.29 is 19.7 Å². The van der Waals surface area contributed by atoms with Crippen LogP contribution in [0.5, 0.6) is 11.5 Å². The van der Waals surface area contributed by atoms with Crippen LogP contribution in [0.1, 0.15) is 46.6 Å². The van der Waals surface area contributed by atoms with Gasteiger partial charge in [-0.05, 0) is 63.3 Å². The third-order valence-electron chi connectivity index (χ3n) is 3.01. The van der Waals surface area contributed by atoms with Crippen LogP contribution in [0.3, 0.4) is 0 Å². The number of ether oxygens (including phenoxy) is 1. The molecule has 1 aromatic rings. The summed E-state index contributed by atoms with van der Waals surface area (Å²) in [4.78, 5) is 11.9. The first-order valence-corrected chi connectivity index (χ1v) is 7.57. The van der Waals surface area contributed by atoms with Gasteiger partial charge in [0.05, 0.1) is 0 Å². The molecule has 1 atom stereocenters. The molecule has 0 aliphatic carbocycles. The number of aromatic hydroxyl groups is 2. The molecule has 0 aliphatic rings. The van der Waals surface area contributed by atoms with Crippen molar-refractivity contribution in [3.8, 4) is 11.5 Å². The van der Waals surface area contributed by atoms with Crippen molar-refractivity contribution in [2.24, 2.45) is 5.92 Å². The molecule has 1 rings (SSSR count). The zero-order valence-electron chi connectivity index (χ0n) is 14.0. The molecule has 0 bridgehead atoms. The first kappa shape index (κ1) is 18.1. The number of hydrogen-bond donors (Lipinski definition) is 3. The first-order valence-electron chi connectivity index (χ1n) is 7.57. The zero-order valence-corrected chi connectivity index (χ0v) is 14.0. The van der Waals surface area contributed by atoms with E-state index >= 15 is 0 Å². The van der Waals surface area contributed by atoms with Gasteiger partial charge >= 0.3 is 6.09 Å². The number of hydrogen-bond acceptors (Lipinski definition) is 4. The number of phenolic OH excluding ortho intramolecular Hbond substituents is 2. The van der Waals surface area contributed by atoms with E-state index in [0.29, 0.717) is 17.9 Å². The Balaban J connectivity index is 2.80. The minimum absolute atomic E-state index is 0.0911. The van der Waals surface area contributed by atoms with Gasteiger partial charge in [-0.3, -0.25) is 0 Å². The van der Waals surface area contributed by atoms with E-state index in [0.717, 1.165) is 6.42 Å². The van der Waals surface area contributed by atoms with Crippen LogP contribution in [-0.2, 0) is 11.2 Å². The summed E-state index contributed by atoms with van der Waals surface area (Å²) in [5.74, 6) is 0.574. The topological polar surface area (TPSA) is 78.8 Å². The van der Waals surface area contributed by atoms with Crippen LogP contribution in [0.2, 0.25) is 0 Å². The summed E-state index contributed by atoms with van der Waals surface area (Å²) in [6.07, 6.45) is 0.698. The Morgan fingerprint density at radius 1 is 1.27 bits per heavy atom. The second-order valence-corrected chi connectivity index (χ2v) is 6.99. The average molecular weight is 309 g/mol. The molecule has 1 amide bonds. The number of phenols is 2. The molecule has 1 unspecified atom stereocenters. The van der Waals surface area contributed by atoms with E-state index in [1.165, 1.54) is 18.2 Å². The van der Waals surface area contributed by atoms with Gasteiger partial charge in [0.15, 0.2) is 0 Å². The summed E-state index contributed by atoms with van der Waals surface area (Å²) in [6, 6.07) is 4.21. The van der Waals surface area contributed by atoms with E-state index in [1.54, 1.807) is 0 Å². The zero-order chi connectivity index (χ0) is 16.9. The number of alkyl carbamates (subject to hydrolysis) is 1. The molecule has 0 aromatic heterocycles. The summed E-state index contributed by atoms with van der Waals surface area (Å²) in [7, 11) is 0.